The Labute approximate surface area is 122 Å². The maximum atomic E-state index is 13.2. The first-order valence-electron chi connectivity index (χ1n) is 6.03. The molecule has 0 aliphatic heterocycles. The number of aromatic nitrogens is 2. The van der Waals surface area contributed by atoms with Gasteiger partial charge in [-0.25, -0.2) is 4.68 Å². The first-order valence-corrected chi connectivity index (χ1v) is 6.82. The van der Waals surface area contributed by atoms with Crippen LogP contribution < -0.4 is 5.32 Å². The highest BCUT2D eigenvalue weighted by Gasteiger charge is 2.34. The van der Waals surface area contributed by atoms with Crippen LogP contribution in [0, 0.1) is 0 Å². The normalized spacial score (nSPS) is 11.8. The number of hydrogen-bond acceptors (Lipinski definition) is 2. The van der Waals surface area contributed by atoms with Crippen molar-refractivity contribution < 1.29 is 13.2 Å². The van der Waals surface area contributed by atoms with Crippen molar-refractivity contribution >= 4 is 15.9 Å². The number of rotatable bonds is 4. The lowest BCUT2D eigenvalue weighted by molar-refractivity contribution is -0.137. The van der Waals surface area contributed by atoms with Crippen LogP contribution in [-0.2, 0) is 12.7 Å². The predicted molar refractivity (Wildman–Crippen MR) is 73.6 cm³/mol. The van der Waals surface area contributed by atoms with E-state index in [0.29, 0.717) is 23.1 Å². The number of nitrogens with zero attached hydrogens (tertiary/aromatic N) is 2. The summed E-state index contributed by atoms with van der Waals surface area (Å²) in [5.74, 6) is 0. The summed E-state index contributed by atoms with van der Waals surface area (Å²) in [4.78, 5) is 0. The smallest absolute Gasteiger partial charge is 0.313 e. The lowest BCUT2D eigenvalue weighted by Crippen LogP contribution is -2.15. The van der Waals surface area contributed by atoms with Crippen LogP contribution in [0.2, 0.25) is 0 Å². The Hall–Kier alpha value is -1.34. The first kappa shape index (κ1) is 15.1. The molecule has 1 aromatic heterocycles. The minimum absolute atomic E-state index is 0.0171. The van der Waals surface area contributed by atoms with Gasteiger partial charge in [-0.2, -0.15) is 18.3 Å². The molecule has 0 bridgehead atoms. The summed E-state index contributed by atoms with van der Waals surface area (Å²) < 4.78 is 41.3. The third-order valence-electron chi connectivity index (χ3n) is 2.74. The molecule has 3 nitrogen and oxygen atoms in total. The van der Waals surface area contributed by atoms with Gasteiger partial charge in [0.2, 0.25) is 0 Å². The van der Waals surface area contributed by atoms with Gasteiger partial charge in [-0.15, -0.1) is 0 Å². The second-order valence-corrected chi connectivity index (χ2v) is 5.15. The topological polar surface area (TPSA) is 29.9 Å². The van der Waals surface area contributed by atoms with Gasteiger partial charge in [0.1, 0.15) is 0 Å². The minimum atomic E-state index is -4.42. The van der Waals surface area contributed by atoms with E-state index >= 15 is 0 Å². The van der Waals surface area contributed by atoms with Crippen molar-refractivity contribution in [3.8, 4) is 5.69 Å². The van der Waals surface area contributed by atoms with Gasteiger partial charge in [0.15, 0.2) is 0 Å². The molecule has 20 heavy (non-hydrogen) atoms. The summed E-state index contributed by atoms with van der Waals surface area (Å²) in [6.45, 7) is 3.01. The molecule has 0 atom stereocenters. The zero-order valence-corrected chi connectivity index (χ0v) is 12.3. The molecule has 0 saturated heterocycles. The van der Waals surface area contributed by atoms with Crippen molar-refractivity contribution in [2.75, 3.05) is 6.54 Å². The van der Waals surface area contributed by atoms with E-state index in [1.807, 2.05) is 6.92 Å². The maximum absolute atomic E-state index is 13.2. The fraction of sp³-hybridized carbons (Fsp3) is 0.308. The Morgan fingerprint density at radius 1 is 1.35 bits per heavy atom. The van der Waals surface area contributed by atoms with E-state index < -0.39 is 11.7 Å². The fourth-order valence-corrected chi connectivity index (χ4v) is 2.11. The predicted octanol–water partition coefficient (Wildman–Crippen LogP) is 3.76. The molecule has 0 saturated carbocycles. The van der Waals surface area contributed by atoms with Gasteiger partial charge in [-0.05, 0) is 40.2 Å². The third kappa shape index (κ3) is 3.40. The maximum Gasteiger partial charge on any atom is 0.418 e. The molecule has 0 amide bonds. The van der Waals surface area contributed by atoms with Crippen molar-refractivity contribution in [2.45, 2.75) is 19.6 Å². The van der Waals surface area contributed by atoms with Gasteiger partial charge < -0.3 is 5.32 Å². The summed E-state index contributed by atoms with van der Waals surface area (Å²) in [6, 6.07) is 4.27. The van der Waals surface area contributed by atoms with Crippen LogP contribution in [0.1, 0.15) is 18.1 Å². The quantitative estimate of drug-likeness (QED) is 0.912. The van der Waals surface area contributed by atoms with Gasteiger partial charge >= 0.3 is 6.18 Å². The Morgan fingerprint density at radius 3 is 2.65 bits per heavy atom. The molecule has 7 heteroatoms. The van der Waals surface area contributed by atoms with Crippen molar-refractivity contribution in [1.29, 1.82) is 0 Å². The average Bonchev–Trinajstić information content (AvgIpc) is 2.81. The van der Waals surface area contributed by atoms with Gasteiger partial charge in [-0.1, -0.05) is 13.0 Å². The molecular formula is C13H13BrF3N3. The molecule has 0 radical (unpaired) electrons. The molecular weight excluding hydrogens is 335 g/mol. The van der Waals surface area contributed by atoms with E-state index in [4.69, 9.17) is 0 Å². The zero-order chi connectivity index (χ0) is 14.8. The number of halogens is 4. The number of benzene rings is 1. The molecule has 0 aliphatic carbocycles. The lowest BCUT2D eigenvalue weighted by atomic mass is 10.1. The molecule has 0 spiro atoms. The summed E-state index contributed by atoms with van der Waals surface area (Å²) in [7, 11) is 0. The van der Waals surface area contributed by atoms with Crippen molar-refractivity contribution in [3.05, 3.63) is 46.2 Å². The summed E-state index contributed by atoms with van der Waals surface area (Å²) in [5, 5.41) is 6.92. The van der Waals surface area contributed by atoms with Crippen LogP contribution >= 0.6 is 15.9 Å². The van der Waals surface area contributed by atoms with E-state index in [9.17, 15) is 13.2 Å². The summed E-state index contributed by atoms with van der Waals surface area (Å²) >= 11 is 3.18. The van der Waals surface area contributed by atoms with Gasteiger partial charge in [0.05, 0.1) is 21.9 Å². The molecule has 1 N–H and O–H groups in total. The highest BCUT2D eigenvalue weighted by molar-refractivity contribution is 9.10. The van der Waals surface area contributed by atoms with Crippen molar-refractivity contribution in [1.82, 2.24) is 15.1 Å². The molecule has 0 unspecified atom stereocenters. The van der Waals surface area contributed by atoms with Crippen molar-refractivity contribution in [2.24, 2.45) is 0 Å². The molecule has 0 aliphatic rings. The van der Waals surface area contributed by atoms with E-state index in [1.165, 1.54) is 23.1 Å². The highest BCUT2D eigenvalue weighted by Crippen LogP contribution is 2.34. The second kappa shape index (κ2) is 5.97. The van der Waals surface area contributed by atoms with Crippen LogP contribution in [0.4, 0.5) is 13.2 Å². The van der Waals surface area contributed by atoms with Gasteiger partial charge in [0, 0.05) is 12.7 Å². The molecule has 2 rings (SSSR count). The monoisotopic (exact) mass is 347 g/mol. The second-order valence-electron chi connectivity index (χ2n) is 4.23. The van der Waals surface area contributed by atoms with Gasteiger partial charge in [0.25, 0.3) is 0 Å². The third-order valence-corrected chi connectivity index (χ3v) is 3.15. The molecule has 0 fully saturated rings. The molecule has 1 heterocycles. The molecule has 108 valence electrons. The van der Waals surface area contributed by atoms with Crippen LogP contribution in [0.5, 0.6) is 0 Å². The number of hydrogen-bond donors (Lipinski definition) is 1. The largest absolute Gasteiger partial charge is 0.418 e. The highest BCUT2D eigenvalue weighted by atomic mass is 79.9. The Balaban J connectivity index is 2.46. The molecule has 1 aromatic carbocycles. The summed E-state index contributed by atoms with van der Waals surface area (Å²) in [5.41, 5.74) is -0.0823. The van der Waals surface area contributed by atoms with Crippen molar-refractivity contribution in [3.63, 3.8) is 0 Å². The summed E-state index contributed by atoms with van der Waals surface area (Å²) in [6.07, 6.45) is -1.47. The van der Waals surface area contributed by atoms with Crippen LogP contribution in [0.15, 0.2) is 35.1 Å². The van der Waals surface area contributed by atoms with E-state index in [-0.39, 0.29) is 5.69 Å². The average molecular weight is 348 g/mol. The standard InChI is InChI=1S/C13H13BrF3N3/c1-2-18-6-9-3-4-12(11(5-9)13(15,16)17)20-8-10(14)7-19-20/h3-5,7-8,18H,2,6H2,1H3. The molecule has 2 aromatic rings. The van der Waals surface area contributed by atoms with E-state index in [1.54, 1.807) is 6.07 Å². The number of nitrogens with one attached hydrogen (secondary N) is 1. The van der Waals surface area contributed by atoms with Crippen LogP contribution in [0.25, 0.3) is 5.69 Å². The Morgan fingerprint density at radius 2 is 2.10 bits per heavy atom. The Bertz CT molecular complexity index is 593. The lowest BCUT2D eigenvalue weighted by Gasteiger charge is -2.14. The SMILES string of the molecule is CCNCc1ccc(-n2cc(Br)cn2)c(C(F)(F)F)c1. The van der Waals surface area contributed by atoms with Crippen LogP contribution in [0.3, 0.4) is 0 Å². The number of alkyl halides is 3. The zero-order valence-electron chi connectivity index (χ0n) is 10.7. The first-order chi connectivity index (χ1) is 9.41. The minimum Gasteiger partial charge on any atom is -0.313 e. The van der Waals surface area contributed by atoms with E-state index in [2.05, 4.69) is 26.3 Å². The Kier molecular flexibility index (Phi) is 4.49. The van der Waals surface area contributed by atoms with Gasteiger partial charge in [-0.3, -0.25) is 0 Å². The van der Waals surface area contributed by atoms with E-state index in [0.717, 1.165) is 6.07 Å². The van der Waals surface area contributed by atoms with Crippen LogP contribution in [-0.4, -0.2) is 16.3 Å². The fourth-order valence-electron chi connectivity index (χ4n) is 1.82.